The van der Waals surface area contributed by atoms with Crippen LogP contribution in [0.25, 0.3) is 0 Å². The molecule has 1 saturated heterocycles. The van der Waals surface area contributed by atoms with Crippen LogP contribution in [0.5, 0.6) is 0 Å². The van der Waals surface area contributed by atoms with Gasteiger partial charge in [0.25, 0.3) is 0 Å². The second-order valence-corrected chi connectivity index (χ2v) is 5.58. The fourth-order valence-electron chi connectivity index (χ4n) is 2.40. The first kappa shape index (κ1) is 13.3. The second-order valence-electron chi connectivity index (χ2n) is 5.20. The quantitative estimate of drug-likeness (QED) is 0.866. The maximum atomic E-state index is 5.91. The zero-order valence-electron chi connectivity index (χ0n) is 11.5. The third-order valence-corrected chi connectivity index (χ3v) is 3.57. The van der Waals surface area contributed by atoms with Gasteiger partial charge >= 0.3 is 0 Å². The molecule has 7 heteroatoms. The Labute approximate surface area is 122 Å². The Morgan fingerprint density at radius 1 is 1.35 bits per heavy atom. The molecule has 0 radical (unpaired) electrons. The van der Waals surface area contributed by atoms with Gasteiger partial charge in [0, 0.05) is 12.5 Å². The van der Waals surface area contributed by atoms with E-state index in [9.17, 15) is 0 Å². The number of halogens is 1. The molecule has 0 saturated carbocycles. The Morgan fingerprint density at radius 2 is 2.20 bits per heavy atom. The van der Waals surface area contributed by atoms with Crippen LogP contribution in [0.3, 0.4) is 0 Å². The molecule has 1 unspecified atom stereocenters. The van der Waals surface area contributed by atoms with E-state index in [4.69, 9.17) is 16.1 Å². The summed E-state index contributed by atoms with van der Waals surface area (Å²) < 4.78 is 5.30. The van der Waals surface area contributed by atoms with Gasteiger partial charge in [0.2, 0.25) is 5.89 Å². The van der Waals surface area contributed by atoms with Crippen LogP contribution < -0.4 is 4.90 Å². The van der Waals surface area contributed by atoms with Gasteiger partial charge in [-0.05, 0) is 12.8 Å². The van der Waals surface area contributed by atoms with Gasteiger partial charge in [-0.1, -0.05) is 30.6 Å². The van der Waals surface area contributed by atoms with Crippen molar-refractivity contribution in [1.29, 1.82) is 0 Å². The Morgan fingerprint density at radius 3 is 2.90 bits per heavy atom. The number of hydrogen-bond donors (Lipinski definition) is 0. The largest absolute Gasteiger partial charge is 0.345 e. The third kappa shape index (κ3) is 2.47. The molecule has 0 spiro atoms. The van der Waals surface area contributed by atoms with Crippen molar-refractivity contribution in [3.8, 4) is 0 Å². The minimum Gasteiger partial charge on any atom is -0.345 e. The number of nitrogens with zero attached hydrogens (tertiary/aromatic N) is 5. The first-order chi connectivity index (χ1) is 9.65. The Hall–Kier alpha value is -1.69. The topological polar surface area (TPSA) is 67.9 Å². The van der Waals surface area contributed by atoms with Crippen LogP contribution in [0, 0.1) is 0 Å². The van der Waals surface area contributed by atoms with Gasteiger partial charge in [0.05, 0.1) is 18.4 Å². The molecule has 3 heterocycles. The van der Waals surface area contributed by atoms with E-state index >= 15 is 0 Å². The Bertz CT molecular complexity index is 600. The second kappa shape index (κ2) is 5.36. The number of anilines is 1. The molecular weight excluding hydrogens is 278 g/mol. The van der Waals surface area contributed by atoms with Crippen molar-refractivity contribution < 1.29 is 4.52 Å². The van der Waals surface area contributed by atoms with Gasteiger partial charge in [-0.2, -0.15) is 4.98 Å². The van der Waals surface area contributed by atoms with Crippen LogP contribution in [-0.2, 0) is 0 Å². The summed E-state index contributed by atoms with van der Waals surface area (Å²) in [7, 11) is 0. The molecule has 20 heavy (non-hydrogen) atoms. The standard InChI is InChI=1S/C13H16ClN5O/c1-8(2)13-17-12(18-20-13)9-4-3-5-19(9)11-7-15-6-10(14)16-11/h6-9H,3-5H2,1-2H3. The van der Waals surface area contributed by atoms with Crippen molar-refractivity contribution in [2.24, 2.45) is 0 Å². The van der Waals surface area contributed by atoms with E-state index in [0.29, 0.717) is 16.9 Å². The van der Waals surface area contributed by atoms with Crippen LogP contribution in [0.2, 0.25) is 5.15 Å². The lowest BCUT2D eigenvalue weighted by molar-refractivity contribution is 0.358. The summed E-state index contributed by atoms with van der Waals surface area (Å²) in [6.45, 7) is 4.96. The molecule has 1 aliphatic heterocycles. The SMILES string of the molecule is CC(C)c1nc(C2CCCN2c2cncc(Cl)n2)no1. The highest BCUT2D eigenvalue weighted by Gasteiger charge is 2.31. The van der Waals surface area contributed by atoms with Crippen molar-refractivity contribution in [2.75, 3.05) is 11.4 Å². The average molecular weight is 294 g/mol. The lowest BCUT2D eigenvalue weighted by atomic mass is 10.2. The highest BCUT2D eigenvalue weighted by Crippen LogP contribution is 2.34. The fraction of sp³-hybridized carbons (Fsp3) is 0.538. The fourth-order valence-corrected chi connectivity index (χ4v) is 2.54. The van der Waals surface area contributed by atoms with Gasteiger partial charge in [0.15, 0.2) is 5.82 Å². The maximum Gasteiger partial charge on any atom is 0.229 e. The van der Waals surface area contributed by atoms with E-state index in [-0.39, 0.29) is 12.0 Å². The van der Waals surface area contributed by atoms with E-state index in [1.807, 2.05) is 13.8 Å². The van der Waals surface area contributed by atoms with E-state index in [1.54, 1.807) is 6.20 Å². The molecule has 1 aliphatic rings. The van der Waals surface area contributed by atoms with Gasteiger partial charge in [-0.25, -0.2) is 4.98 Å². The third-order valence-electron chi connectivity index (χ3n) is 3.39. The molecule has 0 N–H and O–H groups in total. The first-order valence-corrected chi connectivity index (χ1v) is 7.10. The van der Waals surface area contributed by atoms with Crippen LogP contribution in [0.15, 0.2) is 16.9 Å². The molecule has 0 aliphatic carbocycles. The summed E-state index contributed by atoms with van der Waals surface area (Å²) in [5, 5.41) is 4.50. The van der Waals surface area contributed by atoms with Gasteiger partial charge in [0.1, 0.15) is 11.0 Å². The van der Waals surface area contributed by atoms with Crippen molar-refractivity contribution >= 4 is 17.4 Å². The lowest BCUT2D eigenvalue weighted by Gasteiger charge is -2.22. The van der Waals surface area contributed by atoms with Crippen molar-refractivity contribution in [2.45, 2.75) is 38.6 Å². The van der Waals surface area contributed by atoms with Crippen LogP contribution >= 0.6 is 11.6 Å². The summed E-state index contributed by atoms with van der Waals surface area (Å²) in [4.78, 5) is 15.0. The maximum absolute atomic E-state index is 5.91. The summed E-state index contributed by atoms with van der Waals surface area (Å²) in [5.41, 5.74) is 0. The normalized spacial score (nSPS) is 19.0. The van der Waals surface area contributed by atoms with Crippen LogP contribution in [0.4, 0.5) is 5.82 Å². The number of rotatable bonds is 3. The molecule has 3 rings (SSSR count). The Kier molecular flexibility index (Phi) is 3.56. The first-order valence-electron chi connectivity index (χ1n) is 6.73. The summed E-state index contributed by atoms with van der Waals surface area (Å²) in [6, 6.07) is 0.0824. The predicted octanol–water partition coefficient (Wildman–Crippen LogP) is 2.98. The lowest BCUT2D eigenvalue weighted by Crippen LogP contribution is -2.24. The van der Waals surface area contributed by atoms with E-state index in [1.165, 1.54) is 6.20 Å². The molecule has 0 bridgehead atoms. The van der Waals surface area contributed by atoms with Gasteiger partial charge in [-0.3, -0.25) is 4.98 Å². The monoisotopic (exact) mass is 293 g/mol. The van der Waals surface area contributed by atoms with Crippen molar-refractivity contribution in [1.82, 2.24) is 20.1 Å². The minimum absolute atomic E-state index is 0.0824. The van der Waals surface area contributed by atoms with Crippen LogP contribution in [-0.4, -0.2) is 26.7 Å². The van der Waals surface area contributed by atoms with Crippen LogP contribution in [0.1, 0.15) is 50.4 Å². The number of hydrogen-bond acceptors (Lipinski definition) is 6. The molecule has 1 atom stereocenters. The van der Waals surface area contributed by atoms with E-state index in [0.717, 1.165) is 25.2 Å². The zero-order chi connectivity index (χ0) is 14.1. The smallest absolute Gasteiger partial charge is 0.229 e. The molecule has 6 nitrogen and oxygen atoms in total. The molecule has 2 aromatic heterocycles. The molecule has 2 aromatic rings. The molecule has 0 aromatic carbocycles. The molecule has 106 valence electrons. The highest BCUT2D eigenvalue weighted by atomic mass is 35.5. The van der Waals surface area contributed by atoms with E-state index in [2.05, 4.69) is 25.0 Å². The highest BCUT2D eigenvalue weighted by molar-refractivity contribution is 6.29. The van der Waals surface area contributed by atoms with Gasteiger partial charge < -0.3 is 9.42 Å². The molecule has 0 amide bonds. The minimum atomic E-state index is 0.0824. The predicted molar refractivity (Wildman–Crippen MR) is 74.8 cm³/mol. The van der Waals surface area contributed by atoms with Gasteiger partial charge in [-0.15, -0.1) is 0 Å². The van der Waals surface area contributed by atoms with Crippen molar-refractivity contribution in [3.63, 3.8) is 0 Å². The molecule has 1 fully saturated rings. The zero-order valence-corrected chi connectivity index (χ0v) is 12.2. The molecular formula is C13H16ClN5O. The average Bonchev–Trinajstić information content (AvgIpc) is 3.07. The summed E-state index contributed by atoms with van der Waals surface area (Å²) in [5.74, 6) is 2.38. The summed E-state index contributed by atoms with van der Waals surface area (Å²) >= 11 is 5.91. The van der Waals surface area contributed by atoms with Crippen molar-refractivity contribution in [3.05, 3.63) is 29.3 Å². The Balaban J connectivity index is 1.88. The van der Waals surface area contributed by atoms with E-state index < -0.39 is 0 Å². The number of aromatic nitrogens is 4. The summed E-state index contributed by atoms with van der Waals surface area (Å²) in [6.07, 6.45) is 5.28.